The molecule has 6 rings (SSSR count). The Morgan fingerprint density at radius 2 is 1.70 bits per heavy atom. The Kier molecular flexibility index (Phi) is 10.4. The Balaban J connectivity index is 0.881. The van der Waals surface area contributed by atoms with Crippen molar-refractivity contribution >= 4 is 46.3 Å². The first-order valence-corrected chi connectivity index (χ1v) is 16.4. The SMILES string of the molecule is O=C(CCC(=O)OCCN1CCCc2ccc(CCNC(=O)Nc3ccc4nc[nH]c4c3)nc21)NCCc1ccc2c(n1)NCCC2. The van der Waals surface area contributed by atoms with Gasteiger partial charge in [0.15, 0.2) is 0 Å². The molecular formula is C34H41N9O4. The number of benzene rings is 1. The Labute approximate surface area is 273 Å². The maximum atomic E-state index is 12.4. The van der Waals surface area contributed by atoms with Crippen LogP contribution in [0.2, 0.25) is 0 Å². The number of nitrogens with one attached hydrogen (secondary N) is 5. The topological polar surface area (TPSA) is 166 Å². The average Bonchev–Trinajstić information content (AvgIpc) is 3.55. The number of rotatable bonds is 13. The van der Waals surface area contributed by atoms with Crippen molar-refractivity contribution < 1.29 is 19.1 Å². The number of hydrogen-bond donors (Lipinski definition) is 5. The quantitative estimate of drug-likeness (QED) is 0.138. The predicted octanol–water partition coefficient (Wildman–Crippen LogP) is 3.51. The van der Waals surface area contributed by atoms with Gasteiger partial charge in [-0.2, -0.15) is 0 Å². The highest BCUT2D eigenvalue weighted by molar-refractivity contribution is 5.91. The van der Waals surface area contributed by atoms with Crippen molar-refractivity contribution in [1.29, 1.82) is 0 Å². The Morgan fingerprint density at radius 3 is 2.60 bits per heavy atom. The lowest BCUT2D eigenvalue weighted by atomic mass is 10.0. The monoisotopic (exact) mass is 639 g/mol. The molecule has 13 heteroatoms. The van der Waals surface area contributed by atoms with E-state index in [0.29, 0.717) is 38.2 Å². The van der Waals surface area contributed by atoms with Crippen LogP contribution in [0.3, 0.4) is 0 Å². The minimum Gasteiger partial charge on any atom is -0.464 e. The highest BCUT2D eigenvalue weighted by Crippen LogP contribution is 2.25. The molecule has 5 heterocycles. The van der Waals surface area contributed by atoms with Crippen LogP contribution in [-0.4, -0.2) is 77.2 Å². The summed E-state index contributed by atoms with van der Waals surface area (Å²) < 4.78 is 5.46. The molecule has 1 aromatic carbocycles. The zero-order chi connectivity index (χ0) is 32.4. The number of ether oxygens (including phenoxy) is 1. The number of carbonyl (C=O) groups excluding carboxylic acids is 3. The third-order valence-corrected chi connectivity index (χ3v) is 8.37. The third-order valence-electron chi connectivity index (χ3n) is 8.37. The lowest BCUT2D eigenvalue weighted by Crippen LogP contribution is -2.34. The van der Waals surface area contributed by atoms with E-state index in [1.165, 1.54) is 5.56 Å². The molecule has 0 saturated carbocycles. The summed E-state index contributed by atoms with van der Waals surface area (Å²) in [5.41, 5.74) is 6.57. The van der Waals surface area contributed by atoms with Crippen LogP contribution in [0.1, 0.15) is 48.2 Å². The summed E-state index contributed by atoms with van der Waals surface area (Å²) in [5.74, 6) is 1.27. The molecule has 13 nitrogen and oxygen atoms in total. The van der Waals surface area contributed by atoms with Crippen molar-refractivity contribution in [3.05, 3.63) is 71.3 Å². The predicted molar refractivity (Wildman–Crippen MR) is 180 cm³/mol. The molecule has 3 amide bonds. The fourth-order valence-corrected chi connectivity index (χ4v) is 5.89. The molecule has 0 bridgehead atoms. The molecule has 3 aromatic heterocycles. The van der Waals surface area contributed by atoms with E-state index in [-0.39, 0.29) is 31.4 Å². The van der Waals surface area contributed by atoms with Gasteiger partial charge in [0.2, 0.25) is 5.91 Å². The fraction of sp³-hybridized carbons (Fsp3) is 0.412. The Hall–Kier alpha value is -5.20. The van der Waals surface area contributed by atoms with Gasteiger partial charge in [-0.25, -0.2) is 19.7 Å². The summed E-state index contributed by atoms with van der Waals surface area (Å²) >= 11 is 0. The largest absolute Gasteiger partial charge is 0.464 e. The highest BCUT2D eigenvalue weighted by Gasteiger charge is 2.19. The van der Waals surface area contributed by atoms with Gasteiger partial charge in [-0.15, -0.1) is 0 Å². The lowest BCUT2D eigenvalue weighted by molar-refractivity contribution is -0.144. The normalized spacial score (nSPS) is 13.7. The number of nitrogens with zero attached hydrogens (tertiary/aromatic N) is 4. The van der Waals surface area contributed by atoms with Crippen molar-refractivity contribution in [2.24, 2.45) is 0 Å². The maximum absolute atomic E-state index is 12.4. The van der Waals surface area contributed by atoms with Gasteiger partial charge in [0, 0.05) is 62.5 Å². The summed E-state index contributed by atoms with van der Waals surface area (Å²) in [6.45, 7) is 3.39. The second kappa shape index (κ2) is 15.4. The van der Waals surface area contributed by atoms with Crippen LogP contribution in [0.25, 0.3) is 11.0 Å². The van der Waals surface area contributed by atoms with Crippen LogP contribution >= 0.6 is 0 Å². The van der Waals surface area contributed by atoms with E-state index in [4.69, 9.17) is 9.72 Å². The summed E-state index contributed by atoms with van der Waals surface area (Å²) in [4.78, 5) is 55.9. The van der Waals surface area contributed by atoms with Crippen LogP contribution in [0.15, 0.2) is 48.8 Å². The van der Waals surface area contributed by atoms with Crippen molar-refractivity contribution in [3.63, 3.8) is 0 Å². The number of esters is 1. The van der Waals surface area contributed by atoms with Gasteiger partial charge in [-0.3, -0.25) is 9.59 Å². The molecule has 0 saturated heterocycles. The minimum absolute atomic E-state index is 0.0319. The van der Waals surface area contributed by atoms with Crippen LogP contribution in [-0.2, 0) is 40.0 Å². The van der Waals surface area contributed by atoms with Gasteiger partial charge in [-0.1, -0.05) is 12.1 Å². The second-order valence-electron chi connectivity index (χ2n) is 11.8. The van der Waals surface area contributed by atoms with Crippen LogP contribution in [0.5, 0.6) is 0 Å². The Morgan fingerprint density at radius 1 is 0.894 bits per heavy atom. The molecule has 0 spiro atoms. The number of amides is 3. The number of aryl methyl sites for hydroxylation is 2. The summed E-state index contributed by atoms with van der Waals surface area (Å²) in [5, 5.41) is 11.9. The van der Waals surface area contributed by atoms with E-state index in [1.807, 2.05) is 30.3 Å². The summed E-state index contributed by atoms with van der Waals surface area (Å²) in [7, 11) is 0. The molecule has 47 heavy (non-hydrogen) atoms. The van der Waals surface area contributed by atoms with E-state index in [0.717, 1.165) is 78.4 Å². The van der Waals surface area contributed by atoms with Crippen molar-refractivity contribution in [1.82, 2.24) is 30.6 Å². The molecule has 246 valence electrons. The fourth-order valence-electron chi connectivity index (χ4n) is 5.89. The van der Waals surface area contributed by atoms with Gasteiger partial charge < -0.3 is 35.9 Å². The third kappa shape index (κ3) is 8.75. The first-order valence-electron chi connectivity index (χ1n) is 16.4. The number of pyridine rings is 2. The number of H-pyrrole nitrogens is 1. The molecule has 2 aliphatic heterocycles. The van der Waals surface area contributed by atoms with Crippen LogP contribution in [0.4, 0.5) is 22.1 Å². The number of imidazole rings is 1. The number of aromatic nitrogens is 4. The smallest absolute Gasteiger partial charge is 0.319 e. The van der Waals surface area contributed by atoms with E-state index in [9.17, 15) is 14.4 Å². The molecule has 2 aliphatic rings. The van der Waals surface area contributed by atoms with Gasteiger partial charge in [0.05, 0.1) is 30.3 Å². The maximum Gasteiger partial charge on any atom is 0.319 e. The van der Waals surface area contributed by atoms with Crippen LogP contribution < -0.4 is 26.2 Å². The Bertz CT molecular complexity index is 1720. The van der Waals surface area contributed by atoms with Crippen LogP contribution in [0, 0.1) is 0 Å². The van der Waals surface area contributed by atoms with E-state index in [1.54, 1.807) is 6.33 Å². The van der Waals surface area contributed by atoms with Gasteiger partial charge >= 0.3 is 12.0 Å². The second-order valence-corrected chi connectivity index (χ2v) is 11.8. The average molecular weight is 640 g/mol. The van der Waals surface area contributed by atoms with E-state index in [2.05, 4.69) is 53.3 Å². The van der Waals surface area contributed by atoms with Crippen molar-refractivity contribution in [3.8, 4) is 0 Å². The zero-order valence-electron chi connectivity index (χ0n) is 26.4. The van der Waals surface area contributed by atoms with Crippen molar-refractivity contribution in [2.45, 2.75) is 51.4 Å². The van der Waals surface area contributed by atoms with Gasteiger partial charge in [0.25, 0.3) is 0 Å². The number of urea groups is 1. The van der Waals surface area contributed by atoms with E-state index >= 15 is 0 Å². The molecule has 0 radical (unpaired) electrons. The molecule has 0 unspecified atom stereocenters. The first-order chi connectivity index (χ1) is 23.0. The molecule has 0 fully saturated rings. The first kappa shape index (κ1) is 31.8. The number of aromatic amines is 1. The van der Waals surface area contributed by atoms with E-state index < -0.39 is 5.97 Å². The van der Waals surface area contributed by atoms with Gasteiger partial charge in [-0.05, 0) is 67.1 Å². The number of anilines is 3. The lowest BCUT2D eigenvalue weighted by Gasteiger charge is -2.30. The molecule has 0 atom stereocenters. The molecule has 5 N–H and O–H groups in total. The molecule has 0 aliphatic carbocycles. The summed E-state index contributed by atoms with van der Waals surface area (Å²) in [6, 6.07) is 13.4. The minimum atomic E-state index is -0.393. The molecule has 4 aromatic rings. The molecular weight excluding hydrogens is 598 g/mol. The highest BCUT2D eigenvalue weighted by atomic mass is 16.5. The standard InChI is InChI=1S/C34H41N9O4/c44-30(35-16-13-25-7-5-23-3-1-15-36-32(23)40-25)11-12-31(45)47-20-19-43-18-2-4-24-6-8-26(41-33(24)43)14-17-37-34(46)42-27-9-10-28-29(21-27)39-22-38-28/h5-10,21-22H,1-4,11-20H2,(H,35,44)(H,36,40)(H,38,39)(H2,37,42,46). The number of fused-ring (bicyclic) bond motifs is 3. The zero-order valence-corrected chi connectivity index (χ0v) is 26.4. The number of carbonyl (C=O) groups is 3. The number of hydrogen-bond acceptors (Lipinski definition) is 9. The van der Waals surface area contributed by atoms with Crippen molar-refractivity contribution in [2.75, 3.05) is 54.9 Å². The van der Waals surface area contributed by atoms with Gasteiger partial charge in [0.1, 0.15) is 18.2 Å². The summed E-state index contributed by atoms with van der Waals surface area (Å²) in [6.07, 6.45) is 7.03.